The van der Waals surface area contributed by atoms with Crippen LogP contribution in [0.2, 0.25) is 0 Å². The van der Waals surface area contributed by atoms with Crippen LogP contribution in [0.3, 0.4) is 0 Å². The largest absolute Gasteiger partial charge is 0.497 e. The number of rotatable bonds is 12. The molecule has 2 aromatic carbocycles. The van der Waals surface area contributed by atoms with E-state index in [2.05, 4.69) is 32.6 Å². The van der Waals surface area contributed by atoms with Crippen LogP contribution in [-0.2, 0) is 13.0 Å². The monoisotopic (exact) mass is 451 g/mol. The minimum atomic E-state index is -0.378. The summed E-state index contributed by atoms with van der Waals surface area (Å²) in [4.78, 5) is 2.30. The number of aryl methyl sites for hydroxylation is 1. The van der Waals surface area contributed by atoms with E-state index in [-0.39, 0.29) is 12.0 Å². The molecule has 0 aliphatic rings. The lowest BCUT2D eigenvalue weighted by Crippen LogP contribution is -2.35. The van der Waals surface area contributed by atoms with Crippen LogP contribution in [-0.4, -0.2) is 46.1 Å². The lowest BCUT2D eigenvalue weighted by molar-refractivity contribution is 0.0728. The normalized spacial score (nSPS) is 12.4. The second-order valence-electron chi connectivity index (χ2n) is 8.66. The van der Waals surface area contributed by atoms with Gasteiger partial charge in [0.05, 0.1) is 30.2 Å². The summed E-state index contributed by atoms with van der Waals surface area (Å²) >= 11 is 0. The zero-order valence-corrected chi connectivity index (χ0v) is 20.5. The van der Waals surface area contributed by atoms with Crippen molar-refractivity contribution in [3.8, 4) is 23.1 Å². The molecule has 3 rings (SSSR count). The molecule has 1 unspecified atom stereocenters. The molecule has 0 amide bonds. The van der Waals surface area contributed by atoms with Crippen molar-refractivity contribution in [3.63, 3.8) is 0 Å². The zero-order chi connectivity index (χ0) is 23.8. The van der Waals surface area contributed by atoms with Crippen LogP contribution in [0.4, 0.5) is 0 Å². The predicted molar refractivity (Wildman–Crippen MR) is 132 cm³/mol. The summed E-state index contributed by atoms with van der Waals surface area (Å²) in [6.07, 6.45) is 1.42. The smallest absolute Gasteiger partial charge is 0.227 e. The molecule has 0 aliphatic carbocycles. The number of ether oxygens (including phenoxy) is 2. The molecule has 178 valence electrons. The highest BCUT2D eigenvalue weighted by Gasteiger charge is 2.24. The van der Waals surface area contributed by atoms with Crippen molar-refractivity contribution in [1.29, 1.82) is 0 Å². The van der Waals surface area contributed by atoms with E-state index in [0.29, 0.717) is 19.0 Å². The van der Waals surface area contributed by atoms with E-state index < -0.39 is 0 Å². The first-order chi connectivity index (χ1) is 16.0. The summed E-state index contributed by atoms with van der Waals surface area (Å²) in [6.45, 7) is 10.6. The Labute approximate surface area is 197 Å². The van der Waals surface area contributed by atoms with E-state index >= 15 is 0 Å². The number of aromatic nitrogens is 2. The van der Waals surface area contributed by atoms with Gasteiger partial charge in [-0.1, -0.05) is 45.9 Å². The van der Waals surface area contributed by atoms with Crippen LogP contribution in [0.25, 0.3) is 5.69 Å². The summed E-state index contributed by atoms with van der Waals surface area (Å²) in [7, 11) is 1.65. The van der Waals surface area contributed by atoms with Gasteiger partial charge in [0.2, 0.25) is 5.88 Å². The number of benzene rings is 2. The Bertz CT molecular complexity index is 984. The summed E-state index contributed by atoms with van der Waals surface area (Å²) < 4.78 is 13.6. The minimum Gasteiger partial charge on any atom is -0.497 e. The highest BCUT2D eigenvalue weighted by Crippen LogP contribution is 2.33. The third kappa shape index (κ3) is 6.36. The third-order valence-corrected chi connectivity index (χ3v) is 5.77. The van der Waals surface area contributed by atoms with Crippen molar-refractivity contribution in [2.75, 3.05) is 20.2 Å². The minimum absolute atomic E-state index is 0.206. The Morgan fingerprint density at radius 3 is 2.24 bits per heavy atom. The maximum Gasteiger partial charge on any atom is 0.227 e. The second-order valence-corrected chi connectivity index (χ2v) is 8.66. The summed E-state index contributed by atoms with van der Waals surface area (Å²) in [5.41, 5.74) is 3.01. The summed E-state index contributed by atoms with van der Waals surface area (Å²) in [5, 5.41) is 15.5. The molecule has 1 atom stereocenters. The van der Waals surface area contributed by atoms with Gasteiger partial charge in [0.25, 0.3) is 0 Å². The van der Waals surface area contributed by atoms with Gasteiger partial charge in [0.15, 0.2) is 0 Å². The average molecular weight is 452 g/mol. The van der Waals surface area contributed by atoms with E-state index in [1.807, 2.05) is 59.3 Å². The molecule has 33 heavy (non-hydrogen) atoms. The van der Waals surface area contributed by atoms with E-state index in [4.69, 9.17) is 14.6 Å². The fourth-order valence-electron chi connectivity index (χ4n) is 3.78. The second kappa shape index (κ2) is 11.9. The van der Waals surface area contributed by atoms with Gasteiger partial charge in [0, 0.05) is 13.1 Å². The number of aliphatic hydroxyl groups is 1. The summed E-state index contributed by atoms with van der Waals surface area (Å²) in [5.74, 6) is 2.42. The van der Waals surface area contributed by atoms with Crippen LogP contribution < -0.4 is 9.47 Å². The lowest BCUT2D eigenvalue weighted by atomic mass is 10.1. The predicted octanol–water partition coefficient (Wildman–Crippen LogP) is 5.46. The van der Waals surface area contributed by atoms with Crippen LogP contribution >= 0.6 is 0 Å². The van der Waals surface area contributed by atoms with Crippen molar-refractivity contribution < 1.29 is 14.6 Å². The highest BCUT2D eigenvalue weighted by atomic mass is 16.5. The van der Waals surface area contributed by atoms with Crippen molar-refractivity contribution in [3.05, 3.63) is 65.9 Å². The topological polar surface area (TPSA) is 59.8 Å². The fraction of sp³-hybridized carbons (Fsp3) is 0.444. The van der Waals surface area contributed by atoms with E-state index in [9.17, 15) is 5.11 Å². The van der Waals surface area contributed by atoms with Crippen LogP contribution in [0.1, 0.15) is 45.4 Å². The molecule has 0 spiro atoms. The lowest BCUT2D eigenvalue weighted by Gasteiger charge is -2.26. The van der Waals surface area contributed by atoms with Crippen molar-refractivity contribution in [1.82, 2.24) is 14.7 Å². The number of para-hydroxylation sites is 1. The molecule has 0 saturated carbocycles. The van der Waals surface area contributed by atoms with E-state index in [0.717, 1.165) is 47.8 Å². The Balaban J connectivity index is 2.03. The van der Waals surface area contributed by atoms with Crippen molar-refractivity contribution >= 4 is 0 Å². The molecule has 6 heteroatoms. The van der Waals surface area contributed by atoms with Gasteiger partial charge >= 0.3 is 0 Å². The fourth-order valence-corrected chi connectivity index (χ4v) is 3.78. The molecule has 1 N–H and O–H groups in total. The standard InChI is InChI=1S/C27H37N3O3/c1-6-17-29(19-26(31)20(3)4)18-24-25(7-2)28-30(21-11-9-8-10-12-21)27(24)33-23-15-13-22(32-5)14-16-23/h8-16,20,26,31H,6-7,17-19H2,1-5H3. The van der Waals surface area contributed by atoms with Crippen LogP contribution in [0.15, 0.2) is 54.6 Å². The first-order valence-corrected chi connectivity index (χ1v) is 11.8. The Morgan fingerprint density at radius 1 is 1.00 bits per heavy atom. The maximum atomic E-state index is 10.6. The van der Waals surface area contributed by atoms with Gasteiger partial charge in [0.1, 0.15) is 11.5 Å². The number of nitrogens with zero attached hydrogens (tertiary/aromatic N) is 3. The Hall–Kier alpha value is -2.83. The number of methoxy groups -OCH3 is 1. The van der Waals surface area contributed by atoms with Crippen molar-refractivity contribution in [2.24, 2.45) is 5.92 Å². The number of hydrogen-bond acceptors (Lipinski definition) is 5. The molecule has 1 heterocycles. The van der Waals surface area contributed by atoms with E-state index in [1.165, 1.54) is 0 Å². The van der Waals surface area contributed by atoms with Crippen LogP contribution in [0, 0.1) is 5.92 Å². The first kappa shape index (κ1) is 24.8. The number of aliphatic hydroxyl groups excluding tert-OH is 1. The third-order valence-electron chi connectivity index (χ3n) is 5.77. The average Bonchev–Trinajstić information content (AvgIpc) is 3.17. The Morgan fingerprint density at radius 2 is 1.67 bits per heavy atom. The maximum absolute atomic E-state index is 10.6. The zero-order valence-electron chi connectivity index (χ0n) is 20.5. The molecule has 0 radical (unpaired) electrons. The molecule has 1 aromatic heterocycles. The van der Waals surface area contributed by atoms with Crippen LogP contribution in [0.5, 0.6) is 17.4 Å². The van der Waals surface area contributed by atoms with Gasteiger partial charge in [-0.25, -0.2) is 4.68 Å². The van der Waals surface area contributed by atoms with E-state index in [1.54, 1.807) is 7.11 Å². The molecule has 6 nitrogen and oxygen atoms in total. The molecular weight excluding hydrogens is 414 g/mol. The van der Waals surface area contributed by atoms with Gasteiger partial charge in [-0.2, -0.15) is 5.10 Å². The molecule has 0 bridgehead atoms. The molecule has 3 aromatic rings. The summed E-state index contributed by atoms with van der Waals surface area (Å²) in [6, 6.07) is 17.7. The van der Waals surface area contributed by atoms with Gasteiger partial charge in [-0.15, -0.1) is 0 Å². The quantitative estimate of drug-likeness (QED) is 0.396. The Kier molecular flexibility index (Phi) is 8.92. The van der Waals surface area contributed by atoms with Gasteiger partial charge in [-0.05, 0) is 61.7 Å². The molecule has 0 saturated heterocycles. The highest BCUT2D eigenvalue weighted by molar-refractivity contribution is 5.44. The number of hydrogen-bond donors (Lipinski definition) is 1. The SMILES string of the molecule is CCCN(Cc1c(CC)nn(-c2ccccc2)c1Oc1ccc(OC)cc1)CC(O)C(C)C. The van der Waals surface area contributed by atoms with Gasteiger partial charge in [-0.3, -0.25) is 4.90 Å². The van der Waals surface area contributed by atoms with Gasteiger partial charge < -0.3 is 14.6 Å². The molecule has 0 aliphatic heterocycles. The first-order valence-electron chi connectivity index (χ1n) is 11.8. The molecule has 0 fully saturated rings. The molecular formula is C27H37N3O3. The van der Waals surface area contributed by atoms with Crippen molar-refractivity contribution in [2.45, 2.75) is 53.2 Å².